The highest BCUT2D eigenvalue weighted by Gasteiger charge is 1.99. The number of hydrogen-bond donors (Lipinski definition) is 1. The number of thiophene rings is 1. The average molecular weight is 300 g/mol. The summed E-state index contributed by atoms with van der Waals surface area (Å²) < 4.78 is 15.7. The summed E-state index contributed by atoms with van der Waals surface area (Å²) in [4.78, 5) is 11.5. The van der Waals surface area contributed by atoms with Crippen molar-refractivity contribution in [1.82, 2.24) is 0 Å². The molecular formula is C14H20O5S. The lowest BCUT2D eigenvalue weighted by molar-refractivity contribution is -0.131. The number of methoxy groups -OCH3 is 1. The Kier molecular flexibility index (Phi) is 8.90. The molecule has 0 amide bonds. The molecule has 0 aliphatic rings. The highest BCUT2D eigenvalue weighted by atomic mass is 32.1. The molecule has 0 unspecified atom stereocenters. The number of aliphatic carboxylic acids is 1. The van der Waals surface area contributed by atoms with Gasteiger partial charge in [0.1, 0.15) is 0 Å². The Labute approximate surface area is 122 Å². The maximum atomic E-state index is 10.4. The fourth-order valence-corrected chi connectivity index (χ4v) is 2.20. The molecule has 0 bridgehead atoms. The predicted octanol–water partition coefficient (Wildman–Crippen LogP) is 2.42. The lowest BCUT2D eigenvalue weighted by Gasteiger charge is -2.04. The van der Waals surface area contributed by atoms with Gasteiger partial charge >= 0.3 is 5.97 Å². The number of hydrogen-bond acceptors (Lipinski definition) is 5. The minimum absolute atomic E-state index is 0.545. The van der Waals surface area contributed by atoms with Crippen molar-refractivity contribution < 1.29 is 24.1 Å². The van der Waals surface area contributed by atoms with Gasteiger partial charge in [-0.15, -0.1) is 11.3 Å². The van der Waals surface area contributed by atoms with E-state index >= 15 is 0 Å². The summed E-state index contributed by atoms with van der Waals surface area (Å²) in [6.45, 7) is 3.08. The van der Waals surface area contributed by atoms with Crippen LogP contribution in [0.3, 0.4) is 0 Å². The van der Waals surface area contributed by atoms with E-state index in [9.17, 15) is 4.79 Å². The van der Waals surface area contributed by atoms with Gasteiger partial charge in [0.15, 0.2) is 0 Å². The Morgan fingerprint density at radius 3 is 2.85 bits per heavy atom. The predicted molar refractivity (Wildman–Crippen MR) is 78.0 cm³/mol. The molecule has 1 N–H and O–H groups in total. The summed E-state index contributed by atoms with van der Waals surface area (Å²) in [5.41, 5.74) is 0.888. The summed E-state index contributed by atoms with van der Waals surface area (Å²) >= 11 is 1.56. The molecule has 0 aliphatic carbocycles. The second kappa shape index (κ2) is 10.6. The third-order valence-corrected chi connectivity index (χ3v) is 3.27. The van der Waals surface area contributed by atoms with E-state index in [4.69, 9.17) is 19.3 Å². The Balaban J connectivity index is 2.09. The third kappa shape index (κ3) is 8.06. The molecule has 0 saturated carbocycles. The molecule has 0 fully saturated rings. The zero-order valence-electron chi connectivity index (χ0n) is 11.5. The van der Waals surface area contributed by atoms with Gasteiger partial charge < -0.3 is 19.3 Å². The Hall–Kier alpha value is -1.21. The lowest BCUT2D eigenvalue weighted by Crippen LogP contribution is -2.05. The van der Waals surface area contributed by atoms with Crippen molar-refractivity contribution in [3.05, 3.63) is 28.0 Å². The smallest absolute Gasteiger partial charge is 0.328 e. The summed E-state index contributed by atoms with van der Waals surface area (Å²) in [6.07, 6.45) is 3.55. The van der Waals surface area contributed by atoms with Crippen LogP contribution in [-0.2, 0) is 25.6 Å². The second-order valence-corrected chi connectivity index (χ2v) is 5.03. The largest absolute Gasteiger partial charge is 0.478 e. The van der Waals surface area contributed by atoms with Crippen LogP contribution in [0.15, 0.2) is 17.5 Å². The standard InChI is InChI=1S/C14H20O5S/c1-17-7-8-18-5-2-6-19-10-13-9-12(11-20-13)3-4-14(15)16/h3-4,9,11H,2,5-8,10H2,1H3,(H,15,16)/b4-3+. The van der Waals surface area contributed by atoms with Crippen LogP contribution < -0.4 is 0 Å². The van der Waals surface area contributed by atoms with Crippen LogP contribution in [0.5, 0.6) is 0 Å². The molecule has 0 spiro atoms. The first-order valence-electron chi connectivity index (χ1n) is 6.35. The molecule has 1 heterocycles. The van der Waals surface area contributed by atoms with Crippen LogP contribution in [0.2, 0.25) is 0 Å². The molecule has 1 aromatic rings. The van der Waals surface area contributed by atoms with Crippen molar-refractivity contribution in [3.8, 4) is 0 Å². The van der Waals surface area contributed by atoms with Crippen molar-refractivity contribution in [1.29, 1.82) is 0 Å². The molecular weight excluding hydrogens is 280 g/mol. The zero-order valence-corrected chi connectivity index (χ0v) is 12.4. The van der Waals surface area contributed by atoms with Gasteiger partial charge in [-0.3, -0.25) is 0 Å². The maximum absolute atomic E-state index is 10.4. The minimum Gasteiger partial charge on any atom is -0.478 e. The lowest BCUT2D eigenvalue weighted by atomic mass is 10.3. The first-order chi connectivity index (χ1) is 9.72. The molecule has 112 valence electrons. The fraction of sp³-hybridized carbons (Fsp3) is 0.500. The molecule has 0 aromatic carbocycles. The maximum Gasteiger partial charge on any atom is 0.328 e. The van der Waals surface area contributed by atoms with Crippen molar-refractivity contribution in [2.45, 2.75) is 13.0 Å². The molecule has 0 saturated heterocycles. The number of carboxylic acids is 1. The van der Waals surface area contributed by atoms with E-state index in [0.717, 1.165) is 22.9 Å². The quantitative estimate of drug-likeness (QED) is 0.502. The highest BCUT2D eigenvalue weighted by molar-refractivity contribution is 7.10. The number of carbonyl (C=O) groups is 1. The van der Waals surface area contributed by atoms with E-state index in [1.807, 2.05) is 11.4 Å². The number of ether oxygens (including phenoxy) is 3. The van der Waals surface area contributed by atoms with Crippen molar-refractivity contribution in [3.63, 3.8) is 0 Å². The van der Waals surface area contributed by atoms with Crippen LogP contribution in [-0.4, -0.2) is 44.6 Å². The molecule has 0 radical (unpaired) electrons. The first-order valence-corrected chi connectivity index (χ1v) is 7.23. The van der Waals surface area contributed by atoms with E-state index in [2.05, 4.69) is 0 Å². The molecule has 1 rings (SSSR count). The minimum atomic E-state index is -0.942. The average Bonchev–Trinajstić information content (AvgIpc) is 2.87. The second-order valence-electron chi connectivity index (χ2n) is 4.03. The molecule has 0 aliphatic heterocycles. The van der Waals surface area contributed by atoms with Crippen molar-refractivity contribution in [2.75, 3.05) is 33.5 Å². The molecule has 20 heavy (non-hydrogen) atoms. The van der Waals surface area contributed by atoms with Crippen molar-refractivity contribution >= 4 is 23.4 Å². The SMILES string of the molecule is COCCOCCCOCc1cc(/C=C/C(=O)O)cs1. The van der Waals surface area contributed by atoms with Crippen LogP contribution in [0.4, 0.5) is 0 Å². The van der Waals surface area contributed by atoms with Gasteiger partial charge in [0, 0.05) is 31.3 Å². The molecule has 0 atom stereocenters. The van der Waals surface area contributed by atoms with E-state index in [-0.39, 0.29) is 0 Å². The fourth-order valence-electron chi connectivity index (χ4n) is 1.41. The van der Waals surface area contributed by atoms with Gasteiger partial charge in [0.05, 0.1) is 19.8 Å². The van der Waals surface area contributed by atoms with Crippen LogP contribution in [0, 0.1) is 0 Å². The number of carboxylic acid groups (broad SMARTS) is 1. The van der Waals surface area contributed by atoms with E-state index in [1.165, 1.54) is 0 Å². The molecule has 1 aromatic heterocycles. The topological polar surface area (TPSA) is 65.0 Å². The Morgan fingerprint density at radius 1 is 1.30 bits per heavy atom. The van der Waals surface area contributed by atoms with Crippen molar-refractivity contribution in [2.24, 2.45) is 0 Å². The number of rotatable bonds is 11. The highest BCUT2D eigenvalue weighted by Crippen LogP contribution is 2.17. The van der Waals surface area contributed by atoms with E-state index in [1.54, 1.807) is 24.5 Å². The van der Waals surface area contributed by atoms with Gasteiger partial charge in [-0.1, -0.05) is 0 Å². The summed E-state index contributed by atoms with van der Waals surface area (Å²) in [5, 5.41) is 10.4. The summed E-state index contributed by atoms with van der Waals surface area (Å²) in [7, 11) is 1.65. The van der Waals surface area contributed by atoms with Gasteiger partial charge in [-0.25, -0.2) is 4.79 Å². The van der Waals surface area contributed by atoms with Gasteiger partial charge in [-0.2, -0.15) is 0 Å². The first kappa shape index (κ1) is 16.8. The normalized spacial score (nSPS) is 11.2. The van der Waals surface area contributed by atoms with Gasteiger partial charge in [-0.05, 0) is 29.5 Å². The van der Waals surface area contributed by atoms with Crippen LogP contribution in [0.25, 0.3) is 6.08 Å². The molecule has 5 nitrogen and oxygen atoms in total. The van der Waals surface area contributed by atoms with Crippen LogP contribution in [0.1, 0.15) is 16.9 Å². The van der Waals surface area contributed by atoms with Gasteiger partial charge in [0.25, 0.3) is 0 Å². The van der Waals surface area contributed by atoms with Crippen LogP contribution >= 0.6 is 11.3 Å². The Bertz CT molecular complexity index is 413. The third-order valence-electron chi connectivity index (χ3n) is 2.35. The van der Waals surface area contributed by atoms with Gasteiger partial charge in [0.2, 0.25) is 0 Å². The Morgan fingerprint density at radius 2 is 2.10 bits per heavy atom. The monoisotopic (exact) mass is 300 g/mol. The zero-order chi connectivity index (χ0) is 14.6. The molecule has 6 heteroatoms. The van der Waals surface area contributed by atoms with E-state index in [0.29, 0.717) is 33.0 Å². The summed E-state index contributed by atoms with van der Waals surface area (Å²) in [5.74, 6) is -0.942. The summed E-state index contributed by atoms with van der Waals surface area (Å²) in [6, 6.07) is 1.93. The van der Waals surface area contributed by atoms with E-state index < -0.39 is 5.97 Å².